The van der Waals surface area contributed by atoms with Crippen LogP contribution in [0.4, 0.5) is 0 Å². The molecule has 98 valence electrons. The smallest absolute Gasteiger partial charge is 0.149 e. The molecule has 0 amide bonds. The molecule has 1 aromatic carbocycles. The highest BCUT2D eigenvalue weighted by atomic mass is 32.1. The first kappa shape index (κ1) is 11.6. The topological polar surface area (TPSA) is 30.2 Å². The lowest BCUT2D eigenvalue weighted by molar-refractivity contribution is 1.13. The Morgan fingerprint density at radius 3 is 2.70 bits per heavy atom. The summed E-state index contributed by atoms with van der Waals surface area (Å²) < 4.78 is 2.08. The average molecular weight is 279 g/mol. The van der Waals surface area contributed by atoms with Gasteiger partial charge in [-0.3, -0.25) is 4.40 Å². The number of nitrogens with zero attached hydrogens (tertiary/aromatic N) is 3. The first-order valence-electron chi connectivity index (χ1n) is 6.54. The molecule has 0 fully saturated rings. The van der Waals surface area contributed by atoms with Crippen molar-refractivity contribution in [1.82, 2.24) is 14.4 Å². The molecule has 4 aromatic rings. The second-order valence-electron chi connectivity index (χ2n) is 4.89. The Hall–Kier alpha value is -2.20. The van der Waals surface area contributed by atoms with Crippen LogP contribution in [-0.2, 0) is 0 Å². The van der Waals surface area contributed by atoms with Crippen LogP contribution < -0.4 is 0 Å². The van der Waals surface area contributed by atoms with E-state index in [-0.39, 0.29) is 0 Å². The maximum Gasteiger partial charge on any atom is 0.149 e. The van der Waals surface area contributed by atoms with Crippen molar-refractivity contribution < 1.29 is 0 Å². The summed E-state index contributed by atoms with van der Waals surface area (Å²) in [6.45, 7) is 4.29. The third-order valence-electron chi connectivity index (χ3n) is 3.70. The summed E-state index contributed by atoms with van der Waals surface area (Å²) in [7, 11) is 0. The van der Waals surface area contributed by atoms with Crippen molar-refractivity contribution >= 4 is 27.2 Å². The normalized spacial score (nSPS) is 11.5. The monoisotopic (exact) mass is 279 g/mol. The van der Waals surface area contributed by atoms with E-state index in [4.69, 9.17) is 4.98 Å². The molecule has 0 spiro atoms. The van der Waals surface area contributed by atoms with Gasteiger partial charge >= 0.3 is 0 Å². The largest absolute Gasteiger partial charge is 0.283 e. The SMILES string of the molecule is Cc1sc2nc(-c3ccccc3)n3ccnc3c2c1C. The lowest BCUT2D eigenvalue weighted by Gasteiger charge is -2.06. The minimum atomic E-state index is 0.951. The molecule has 0 aliphatic carbocycles. The fourth-order valence-electron chi connectivity index (χ4n) is 2.55. The Morgan fingerprint density at radius 2 is 1.90 bits per heavy atom. The maximum atomic E-state index is 4.87. The molecule has 3 heterocycles. The molecule has 0 atom stereocenters. The van der Waals surface area contributed by atoms with Crippen LogP contribution in [0, 0.1) is 13.8 Å². The Labute approximate surface area is 120 Å². The molecule has 4 rings (SSSR count). The van der Waals surface area contributed by atoms with Gasteiger partial charge in [0.05, 0.1) is 5.39 Å². The van der Waals surface area contributed by atoms with Gasteiger partial charge in [0.1, 0.15) is 16.3 Å². The summed E-state index contributed by atoms with van der Waals surface area (Å²) in [6, 6.07) is 10.3. The molecule has 0 aliphatic rings. The van der Waals surface area contributed by atoms with Crippen molar-refractivity contribution in [2.45, 2.75) is 13.8 Å². The summed E-state index contributed by atoms with van der Waals surface area (Å²) in [5.41, 5.74) is 3.39. The summed E-state index contributed by atoms with van der Waals surface area (Å²) in [5.74, 6) is 0.951. The van der Waals surface area contributed by atoms with E-state index in [2.05, 4.69) is 35.4 Å². The van der Waals surface area contributed by atoms with Crippen LogP contribution in [0.15, 0.2) is 42.7 Å². The fraction of sp³-hybridized carbons (Fsp3) is 0.125. The van der Waals surface area contributed by atoms with Crippen LogP contribution in [0.1, 0.15) is 10.4 Å². The third-order valence-corrected chi connectivity index (χ3v) is 4.80. The Bertz CT molecular complexity index is 919. The van der Waals surface area contributed by atoms with E-state index >= 15 is 0 Å². The van der Waals surface area contributed by atoms with Gasteiger partial charge in [0.2, 0.25) is 0 Å². The van der Waals surface area contributed by atoms with Gasteiger partial charge in [0.25, 0.3) is 0 Å². The molecule has 3 nitrogen and oxygen atoms in total. The van der Waals surface area contributed by atoms with E-state index in [1.807, 2.05) is 30.6 Å². The summed E-state index contributed by atoms with van der Waals surface area (Å²) in [5, 5.41) is 1.18. The van der Waals surface area contributed by atoms with Crippen LogP contribution in [0.5, 0.6) is 0 Å². The Morgan fingerprint density at radius 1 is 1.10 bits per heavy atom. The maximum absolute atomic E-state index is 4.87. The first-order chi connectivity index (χ1) is 9.75. The minimum Gasteiger partial charge on any atom is -0.283 e. The van der Waals surface area contributed by atoms with Gasteiger partial charge < -0.3 is 0 Å². The van der Waals surface area contributed by atoms with E-state index in [1.54, 1.807) is 11.3 Å². The minimum absolute atomic E-state index is 0.951. The number of benzene rings is 1. The molecule has 3 aromatic heterocycles. The molecule has 20 heavy (non-hydrogen) atoms. The van der Waals surface area contributed by atoms with Gasteiger partial charge in [-0.1, -0.05) is 30.3 Å². The van der Waals surface area contributed by atoms with Crippen LogP contribution >= 0.6 is 11.3 Å². The molecule has 0 saturated carbocycles. The average Bonchev–Trinajstić information content (AvgIpc) is 3.05. The van der Waals surface area contributed by atoms with Crippen LogP contribution in [0.3, 0.4) is 0 Å². The van der Waals surface area contributed by atoms with Crippen LogP contribution in [-0.4, -0.2) is 14.4 Å². The second kappa shape index (κ2) is 4.15. The third kappa shape index (κ3) is 1.51. The van der Waals surface area contributed by atoms with Gasteiger partial charge in [-0.2, -0.15) is 0 Å². The molecule has 4 heteroatoms. The highest BCUT2D eigenvalue weighted by Crippen LogP contribution is 2.33. The number of fused-ring (bicyclic) bond motifs is 3. The standard InChI is InChI=1S/C16H13N3S/c1-10-11(2)20-16-13(10)15-17-8-9-19(15)14(18-16)12-6-4-3-5-7-12/h3-9H,1-2H3. The van der Waals surface area contributed by atoms with Crippen molar-refractivity contribution in [2.24, 2.45) is 0 Å². The molecule has 0 unspecified atom stereocenters. The zero-order chi connectivity index (χ0) is 13.7. The molecule has 0 N–H and O–H groups in total. The quantitative estimate of drug-likeness (QED) is 0.522. The summed E-state index contributed by atoms with van der Waals surface area (Å²) in [4.78, 5) is 11.8. The van der Waals surface area contributed by atoms with Gasteiger partial charge in [-0.15, -0.1) is 11.3 Å². The first-order valence-corrected chi connectivity index (χ1v) is 7.35. The highest BCUT2D eigenvalue weighted by Gasteiger charge is 2.15. The molecular weight excluding hydrogens is 266 g/mol. The van der Waals surface area contributed by atoms with E-state index in [0.717, 1.165) is 21.9 Å². The number of rotatable bonds is 1. The summed E-state index contributed by atoms with van der Waals surface area (Å²) in [6.07, 6.45) is 3.83. The molecule has 0 bridgehead atoms. The van der Waals surface area contributed by atoms with E-state index in [9.17, 15) is 0 Å². The highest BCUT2D eigenvalue weighted by molar-refractivity contribution is 7.18. The summed E-state index contributed by atoms with van der Waals surface area (Å²) >= 11 is 1.74. The van der Waals surface area contributed by atoms with Crippen molar-refractivity contribution in [3.8, 4) is 11.4 Å². The fourth-order valence-corrected chi connectivity index (χ4v) is 3.58. The van der Waals surface area contributed by atoms with Gasteiger partial charge in [-0.25, -0.2) is 9.97 Å². The Kier molecular flexibility index (Phi) is 2.41. The number of aromatic nitrogens is 3. The number of hydrogen-bond acceptors (Lipinski definition) is 3. The number of thiophene rings is 1. The van der Waals surface area contributed by atoms with E-state index in [1.165, 1.54) is 15.8 Å². The van der Waals surface area contributed by atoms with Crippen molar-refractivity contribution in [2.75, 3.05) is 0 Å². The van der Waals surface area contributed by atoms with Gasteiger partial charge in [0, 0.05) is 22.8 Å². The Balaban J connectivity index is 2.18. The zero-order valence-electron chi connectivity index (χ0n) is 11.3. The lowest BCUT2D eigenvalue weighted by atomic mass is 10.2. The zero-order valence-corrected chi connectivity index (χ0v) is 12.1. The molecule has 0 radical (unpaired) electrons. The molecule has 0 aliphatic heterocycles. The molecule has 0 saturated heterocycles. The second-order valence-corrected chi connectivity index (χ2v) is 6.09. The van der Waals surface area contributed by atoms with Crippen LogP contribution in [0.2, 0.25) is 0 Å². The predicted molar refractivity (Wildman–Crippen MR) is 83.3 cm³/mol. The number of aryl methyl sites for hydroxylation is 2. The molecular formula is C16H13N3S. The van der Waals surface area contributed by atoms with Crippen molar-refractivity contribution in [1.29, 1.82) is 0 Å². The lowest BCUT2D eigenvalue weighted by Crippen LogP contribution is -1.95. The van der Waals surface area contributed by atoms with E-state index < -0.39 is 0 Å². The van der Waals surface area contributed by atoms with Gasteiger partial charge in [-0.05, 0) is 19.4 Å². The predicted octanol–water partition coefficient (Wildman–Crippen LogP) is 4.23. The van der Waals surface area contributed by atoms with Crippen molar-refractivity contribution in [3.63, 3.8) is 0 Å². The van der Waals surface area contributed by atoms with Crippen LogP contribution in [0.25, 0.3) is 27.3 Å². The van der Waals surface area contributed by atoms with E-state index in [0.29, 0.717) is 0 Å². The van der Waals surface area contributed by atoms with Gasteiger partial charge in [0.15, 0.2) is 0 Å². The number of hydrogen-bond donors (Lipinski definition) is 0. The number of imidazole rings is 1. The van der Waals surface area contributed by atoms with Crippen molar-refractivity contribution in [3.05, 3.63) is 53.2 Å².